The van der Waals surface area contributed by atoms with Crippen molar-refractivity contribution in [1.82, 2.24) is 10.6 Å². The molecule has 0 aromatic rings. The van der Waals surface area contributed by atoms with Crippen LogP contribution in [0.25, 0.3) is 0 Å². The summed E-state index contributed by atoms with van der Waals surface area (Å²) in [6.07, 6.45) is 1.27. The summed E-state index contributed by atoms with van der Waals surface area (Å²) < 4.78 is 4.89. The lowest BCUT2D eigenvalue weighted by molar-refractivity contribution is -0.120. The number of rotatable bonds is 8. The normalized spacial score (nSPS) is 12.5. The maximum absolute atomic E-state index is 10.8. The van der Waals surface area contributed by atoms with E-state index in [1.807, 2.05) is 0 Å². The molecule has 14 heavy (non-hydrogen) atoms. The number of carbonyl (C=O) groups excluding carboxylic acids is 1. The number of amides is 1. The molecule has 0 aliphatic heterocycles. The van der Waals surface area contributed by atoms with E-state index < -0.39 is 0 Å². The summed E-state index contributed by atoms with van der Waals surface area (Å²) in [5, 5.41) is 14.5. The van der Waals surface area contributed by atoms with Crippen molar-refractivity contribution in [2.45, 2.75) is 18.9 Å². The molecule has 1 unspecified atom stereocenters. The van der Waals surface area contributed by atoms with Crippen LogP contribution in [0.4, 0.5) is 0 Å². The Bertz CT molecular complexity index is 153. The molecule has 0 saturated carbocycles. The van der Waals surface area contributed by atoms with E-state index in [-0.39, 0.29) is 18.6 Å². The first-order chi connectivity index (χ1) is 6.74. The Labute approximate surface area is 84.8 Å². The smallest absolute Gasteiger partial charge is 0.219 e. The lowest BCUT2D eigenvalue weighted by Crippen LogP contribution is -2.37. The van der Waals surface area contributed by atoms with Crippen LogP contribution in [0.5, 0.6) is 0 Å². The monoisotopic (exact) mass is 204 g/mol. The van der Waals surface area contributed by atoms with Gasteiger partial charge in [0.1, 0.15) is 0 Å². The van der Waals surface area contributed by atoms with Gasteiger partial charge in [0.2, 0.25) is 5.91 Å². The zero-order chi connectivity index (χ0) is 10.8. The minimum atomic E-state index is -0.0373. The molecule has 1 atom stereocenters. The summed E-state index contributed by atoms with van der Waals surface area (Å²) in [5.41, 5.74) is 0. The zero-order valence-corrected chi connectivity index (χ0v) is 8.88. The maximum Gasteiger partial charge on any atom is 0.219 e. The van der Waals surface area contributed by atoms with Crippen molar-refractivity contribution in [1.29, 1.82) is 0 Å². The molecule has 0 aliphatic rings. The summed E-state index contributed by atoms with van der Waals surface area (Å²) in [5.74, 6) is 0.0408. The Morgan fingerprint density at radius 3 is 2.79 bits per heavy atom. The standard InChI is InChI=1S/C9H20N2O3/c1-10-9(13)4-3-5-11-8(6-12)7-14-2/h8,11-12H,3-7H2,1-2H3,(H,10,13). The van der Waals surface area contributed by atoms with Gasteiger partial charge in [0.05, 0.1) is 19.3 Å². The van der Waals surface area contributed by atoms with Crippen LogP contribution in [-0.2, 0) is 9.53 Å². The van der Waals surface area contributed by atoms with Crippen molar-refractivity contribution in [3.05, 3.63) is 0 Å². The molecule has 0 fully saturated rings. The fourth-order valence-corrected chi connectivity index (χ4v) is 1.06. The molecule has 0 rings (SSSR count). The summed E-state index contributed by atoms with van der Waals surface area (Å²) >= 11 is 0. The van der Waals surface area contributed by atoms with Crippen LogP contribution >= 0.6 is 0 Å². The highest BCUT2D eigenvalue weighted by Gasteiger charge is 2.05. The highest BCUT2D eigenvalue weighted by atomic mass is 16.5. The molecule has 0 heterocycles. The molecule has 5 nitrogen and oxygen atoms in total. The molecule has 0 bridgehead atoms. The molecule has 0 aliphatic carbocycles. The van der Waals surface area contributed by atoms with Gasteiger partial charge in [-0.1, -0.05) is 0 Å². The molecule has 0 saturated heterocycles. The van der Waals surface area contributed by atoms with E-state index in [0.717, 1.165) is 6.42 Å². The number of carbonyl (C=O) groups is 1. The largest absolute Gasteiger partial charge is 0.395 e. The van der Waals surface area contributed by atoms with E-state index >= 15 is 0 Å². The summed E-state index contributed by atoms with van der Waals surface area (Å²) in [4.78, 5) is 10.8. The number of methoxy groups -OCH3 is 1. The van der Waals surface area contributed by atoms with Crippen LogP contribution in [0.3, 0.4) is 0 Å². The second-order valence-electron chi connectivity index (χ2n) is 3.07. The quantitative estimate of drug-likeness (QED) is 0.449. The molecule has 5 heteroatoms. The fourth-order valence-electron chi connectivity index (χ4n) is 1.06. The first-order valence-electron chi connectivity index (χ1n) is 4.78. The molecular formula is C9H20N2O3. The number of nitrogens with one attached hydrogen (secondary N) is 2. The maximum atomic E-state index is 10.8. The molecule has 0 aromatic carbocycles. The molecule has 1 amide bonds. The highest BCUT2D eigenvalue weighted by molar-refractivity contribution is 5.75. The van der Waals surface area contributed by atoms with Crippen molar-refractivity contribution >= 4 is 5.91 Å². The van der Waals surface area contributed by atoms with Crippen molar-refractivity contribution < 1.29 is 14.6 Å². The average Bonchev–Trinajstić information content (AvgIpc) is 2.22. The third-order valence-electron chi connectivity index (χ3n) is 1.88. The van der Waals surface area contributed by atoms with Gasteiger partial charge in [-0.3, -0.25) is 4.79 Å². The van der Waals surface area contributed by atoms with E-state index in [2.05, 4.69) is 10.6 Å². The predicted octanol–water partition coefficient (Wildman–Crippen LogP) is -0.890. The molecule has 84 valence electrons. The zero-order valence-electron chi connectivity index (χ0n) is 8.88. The number of aliphatic hydroxyl groups is 1. The van der Waals surface area contributed by atoms with Crippen molar-refractivity contribution in [2.75, 3.05) is 33.9 Å². The van der Waals surface area contributed by atoms with Gasteiger partial charge in [-0.15, -0.1) is 0 Å². The number of hydrogen-bond acceptors (Lipinski definition) is 4. The van der Waals surface area contributed by atoms with E-state index in [0.29, 0.717) is 19.6 Å². The second-order valence-corrected chi connectivity index (χ2v) is 3.07. The summed E-state index contributed by atoms with van der Waals surface area (Å²) in [7, 11) is 3.21. The fraction of sp³-hybridized carbons (Fsp3) is 0.889. The van der Waals surface area contributed by atoms with Crippen LogP contribution < -0.4 is 10.6 Å². The van der Waals surface area contributed by atoms with E-state index in [4.69, 9.17) is 9.84 Å². The lowest BCUT2D eigenvalue weighted by Gasteiger charge is -2.14. The Balaban J connectivity index is 3.37. The number of ether oxygens (including phenoxy) is 1. The van der Waals surface area contributed by atoms with E-state index in [9.17, 15) is 4.79 Å². The lowest BCUT2D eigenvalue weighted by atomic mass is 10.2. The van der Waals surface area contributed by atoms with Crippen LogP contribution in [0, 0.1) is 0 Å². The van der Waals surface area contributed by atoms with Gasteiger partial charge < -0.3 is 20.5 Å². The average molecular weight is 204 g/mol. The van der Waals surface area contributed by atoms with Gasteiger partial charge in [0.15, 0.2) is 0 Å². The Morgan fingerprint density at radius 1 is 1.57 bits per heavy atom. The van der Waals surface area contributed by atoms with Crippen LogP contribution in [0.2, 0.25) is 0 Å². The Morgan fingerprint density at radius 2 is 2.29 bits per heavy atom. The number of hydrogen-bond donors (Lipinski definition) is 3. The minimum absolute atomic E-state index is 0.0373. The van der Waals surface area contributed by atoms with Gasteiger partial charge in [-0.05, 0) is 13.0 Å². The third kappa shape index (κ3) is 6.82. The summed E-state index contributed by atoms with van der Waals surface area (Å²) in [6, 6.07) is -0.0373. The van der Waals surface area contributed by atoms with Gasteiger partial charge in [0.25, 0.3) is 0 Å². The van der Waals surface area contributed by atoms with Crippen molar-refractivity contribution in [3.8, 4) is 0 Å². The molecule has 0 spiro atoms. The second kappa shape index (κ2) is 8.93. The van der Waals surface area contributed by atoms with Gasteiger partial charge in [-0.2, -0.15) is 0 Å². The van der Waals surface area contributed by atoms with Gasteiger partial charge >= 0.3 is 0 Å². The van der Waals surface area contributed by atoms with Gasteiger partial charge in [0, 0.05) is 20.6 Å². The Kier molecular flexibility index (Phi) is 8.51. The van der Waals surface area contributed by atoms with Crippen LogP contribution in [0.15, 0.2) is 0 Å². The first kappa shape index (κ1) is 13.4. The molecule has 0 aromatic heterocycles. The topological polar surface area (TPSA) is 70.6 Å². The van der Waals surface area contributed by atoms with Crippen LogP contribution in [-0.4, -0.2) is 51.0 Å². The minimum Gasteiger partial charge on any atom is -0.395 e. The van der Waals surface area contributed by atoms with Crippen LogP contribution in [0.1, 0.15) is 12.8 Å². The van der Waals surface area contributed by atoms with E-state index in [1.165, 1.54) is 0 Å². The van der Waals surface area contributed by atoms with Crippen molar-refractivity contribution in [2.24, 2.45) is 0 Å². The van der Waals surface area contributed by atoms with E-state index in [1.54, 1.807) is 14.2 Å². The van der Waals surface area contributed by atoms with Gasteiger partial charge in [-0.25, -0.2) is 0 Å². The molecule has 3 N–H and O–H groups in total. The first-order valence-corrected chi connectivity index (χ1v) is 4.78. The summed E-state index contributed by atoms with van der Waals surface area (Å²) in [6.45, 7) is 1.24. The molecular weight excluding hydrogens is 184 g/mol. The third-order valence-corrected chi connectivity index (χ3v) is 1.88. The van der Waals surface area contributed by atoms with Crippen molar-refractivity contribution in [3.63, 3.8) is 0 Å². The highest BCUT2D eigenvalue weighted by Crippen LogP contribution is 1.89. The SMILES string of the molecule is CNC(=O)CCCNC(CO)COC. The predicted molar refractivity (Wildman–Crippen MR) is 54.1 cm³/mol. The molecule has 0 radical (unpaired) electrons. The Hall–Kier alpha value is -0.650. The number of aliphatic hydroxyl groups excluding tert-OH is 1.